The predicted octanol–water partition coefficient (Wildman–Crippen LogP) is 1.25. The molecule has 2 unspecified atom stereocenters. The average molecular weight is 1120 g/mol. The smallest absolute Gasteiger partial charge is 0.329 e. The van der Waals surface area contributed by atoms with Crippen molar-refractivity contribution in [1.82, 2.24) is 41.7 Å². The normalized spacial score (nSPS) is 26.5. The van der Waals surface area contributed by atoms with Gasteiger partial charge in [-0.25, -0.2) is 9.59 Å². The topological polar surface area (TPSA) is 340 Å². The molecule has 2 bridgehead atoms. The van der Waals surface area contributed by atoms with Crippen LogP contribution in [-0.2, 0) is 65.5 Å². The van der Waals surface area contributed by atoms with Crippen LogP contribution in [0.25, 0.3) is 0 Å². The van der Waals surface area contributed by atoms with E-state index in [1.54, 1.807) is 77.1 Å². The number of nitrogens with zero attached hydrogens (tertiary/aromatic N) is 2. The summed E-state index contributed by atoms with van der Waals surface area (Å²) in [5.74, 6) is -10.8. The molecule has 23 heteroatoms. The molecule has 13 atom stereocenters. The monoisotopic (exact) mass is 1120 g/mol. The number of aromatic hydroxyl groups is 1. The second-order valence-corrected chi connectivity index (χ2v) is 21.5. The number of esters is 1. The highest BCUT2D eigenvalue weighted by Crippen LogP contribution is 2.28. The summed E-state index contributed by atoms with van der Waals surface area (Å²) in [6, 6.07) is 2.97. The van der Waals surface area contributed by atoms with Gasteiger partial charge in [0.05, 0.1) is 6.10 Å². The number of carbonyl (C=O) groups excluding carboxylic acids is 9. The molecule has 0 aromatic heterocycles. The van der Waals surface area contributed by atoms with Crippen LogP contribution in [0.15, 0.2) is 66.7 Å². The van der Waals surface area contributed by atoms with E-state index in [0.717, 1.165) is 4.90 Å². The van der Waals surface area contributed by atoms with Gasteiger partial charge in [0.25, 0.3) is 0 Å². The number of aliphatic hydroxyl groups is 2. The van der Waals surface area contributed by atoms with Gasteiger partial charge in [-0.2, -0.15) is 0 Å². The molecule has 10 N–H and O–H groups in total. The van der Waals surface area contributed by atoms with E-state index in [-0.39, 0.29) is 44.3 Å². The van der Waals surface area contributed by atoms with E-state index in [4.69, 9.17) is 4.74 Å². The van der Waals surface area contributed by atoms with Crippen molar-refractivity contribution in [3.63, 3.8) is 0 Å². The number of amides is 8. The zero-order valence-corrected chi connectivity index (χ0v) is 46.6. The Morgan fingerprint density at radius 2 is 1.45 bits per heavy atom. The summed E-state index contributed by atoms with van der Waals surface area (Å²) in [7, 11) is 1.39. The van der Waals surface area contributed by atoms with E-state index in [9.17, 15) is 68.4 Å². The van der Waals surface area contributed by atoms with Crippen molar-refractivity contribution in [3.05, 3.63) is 77.9 Å². The van der Waals surface area contributed by atoms with Gasteiger partial charge in [-0.3, -0.25) is 38.4 Å². The largest absolute Gasteiger partial charge is 0.508 e. The molecule has 2 aliphatic heterocycles. The third-order valence-electron chi connectivity index (χ3n) is 15.0. The molecule has 8 amide bonds. The van der Waals surface area contributed by atoms with Crippen molar-refractivity contribution in [2.75, 3.05) is 7.05 Å². The van der Waals surface area contributed by atoms with Crippen LogP contribution in [0.3, 0.4) is 0 Å². The van der Waals surface area contributed by atoms with Crippen LogP contribution in [0.5, 0.6) is 5.75 Å². The van der Waals surface area contributed by atoms with E-state index >= 15 is 0 Å². The number of aliphatic hydroxyl groups excluding tert-OH is 2. The summed E-state index contributed by atoms with van der Waals surface area (Å²) in [4.78, 5) is 143. The molecule has 2 aromatic carbocycles. The van der Waals surface area contributed by atoms with Crippen LogP contribution in [0.1, 0.15) is 117 Å². The standard InChI is InChI=1S/C57H80N8O15/c1-8-13-44(68)58-41(28-35-16-20-37(66)21-17-35)50(71)60-40(56(77)78)24-26-45(69)62-48-33(6)80-57(79)47(32(5)9-2)63-52(73)43(30-34-14-11-10-12-15-34)64(7)55(76)49(31(3)4)65-46(70)27-25-39(54(65)75)59-51(72)42(61-53(48)74)29-36-18-22-38(67)23-19-36/h10-12,14-18,20-22,31-33,36,38-43,46-49,66-67,70H,8-9,13,19,23-30H2,1-7H3,(H,58,68)(H,59,72)(H,60,71)(H,61,74)(H,62,69)(H,63,73)(H,77,78)/t32-,33-,36?,38?,39-,40-,41-,42-,43-,46+,47-,48-,49-/m0/s1. The maximum Gasteiger partial charge on any atom is 0.329 e. The number of carbonyl (C=O) groups is 10. The number of ether oxygens (including phenoxy) is 1. The number of carboxylic acid groups (broad SMARTS) is 1. The van der Waals surface area contributed by atoms with Gasteiger partial charge < -0.3 is 66.9 Å². The molecule has 5 rings (SSSR count). The lowest BCUT2D eigenvalue weighted by Crippen LogP contribution is -2.66. The van der Waals surface area contributed by atoms with Crippen molar-refractivity contribution >= 4 is 59.2 Å². The van der Waals surface area contributed by atoms with Gasteiger partial charge in [0.15, 0.2) is 0 Å². The lowest BCUT2D eigenvalue weighted by atomic mass is 9.88. The van der Waals surface area contributed by atoms with Gasteiger partial charge in [0.1, 0.15) is 66.4 Å². The Kier molecular flexibility index (Phi) is 23.6. The molecule has 0 spiro atoms. The minimum absolute atomic E-state index is 0.0403. The zero-order chi connectivity index (χ0) is 59.0. The van der Waals surface area contributed by atoms with E-state index < -0.39 is 157 Å². The molecule has 0 saturated carbocycles. The Labute approximate surface area is 466 Å². The molecule has 438 valence electrons. The summed E-state index contributed by atoms with van der Waals surface area (Å²) in [5.41, 5.74) is 1.17. The second kappa shape index (κ2) is 29.7. The van der Waals surface area contributed by atoms with Crippen molar-refractivity contribution in [2.24, 2.45) is 17.8 Å². The van der Waals surface area contributed by atoms with Crippen LogP contribution in [0.4, 0.5) is 0 Å². The number of likely N-dealkylation sites (N-methyl/N-ethyl adjacent to an activating group) is 1. The first-order chi connectivity index (χ1) is 37.9. The summed E-state index contributed by atoms with van der Waals surface area (Å²) in [5, 5.41) is 57.5. The Hall–Kier alpha value is -7.40. The number of aliphatic carboxylic acids is 1. The van der Waals surface area contributed by atoms with Gasteiger partial charge >= 0.3 is 11.9 Å². The molecule has 23 nitrogen and oxygen atoms in total. The summed E-state index contributed by atoms with van der Waals surface area (Å²) in [6.07, 6.45) is -0.565. The summed E-state index contributed by atoms with van der Waals surface area (Å²) in [6.45, 7) is 9.82. The lowest BCUT2D eigenvalue weighted by molar-refractivity contribution is -0.167. The number of fused-ring (bicyclic) bond motifs is 2. The molecule has 2 fully saturated rings. The van der Waals surface area contributed by atoms with Crippen LogP contribution in [0, 0.1) is 17.8 Å². The molecule has 2 heterocycles. The fraction of sp³-hybridized carbons (Fsp3) is 0.579. The number of piperidine rings is 1. The van der Waals surface area contributed by atoms with Crippen LogP contribution >= 0.6 is 0 Å². The molecule has 1 aliphatic carbocycles. The maximum absolute atomic E-state index is 14.9. The van der Waals surface area contributed by atoms with Gasteiger partial charge in [0.2, 0.25) is 47.3 Å². The van der Waals surface area contributed by atoms with E-state index in [2.05, 4.69) is 31.9 Å². The first-order valence-corrected chi connectivity index (χ1v) is 27.6. The summed E-state index contributed by atoms with van der Waals surface area (Å²) >= 11 is 0. The second-order valence-electron chi connectivity index (χ2n) is 21.5. The number of rotatable bonds is 19. The number of hydrogen-bond acceptors (Lipinski definition) is 14. The van der Waals surface area contributed by atoms with E-state index in [0.29, 0.717) is 36.8 Å². The van der Waals surface area contributed by atoms with Gasteiger partial charge in [-0.15, -0.1) is 0 Å². The number of carboxylic acids is 1. The SMILES string of the molecule is CCCC(=O)N[C@@H](Cc1ccc(O)cc1)C(=O)N[C@@H](CCC(=O)N[C@@H]1C(=O)N[C@@H](CC2C=CC(O)CC2)C(=O)N[C@H]2CC[C@@H](O)N(C2=O)[C@@H](C(C)C)C(=O)N(C)[C@@H](Cc2ccccc2)C(=O)N[C@@H]([C@@H](C)CC)C(=O)O[C@H]1C)C(=O)O. The van der Waals surface area contributed by atoms with Crippen molar-refractivity contribution in [2.45, 2.75) is 185 Å². The first-order valence-electron chi connectivity index (χ1n) is 27.6. The van der Waals surface area contributed by atoms with E-state index in [1.807, 2.05) is 0 Å². The quantitative estimate of drug-likeness (QED) is 0.0699. The number of benzene rings is 2. The third-order valence-corrected chi connectivity index (χ3v) is 15.0. The van der Waals surface area contributed by atoms with Gasteiger partial charge in [-0.1, -0.05) is 95.7 Å². The van der Waals surface area contributed by atoms with Crippen molar-refractivity contribution < 1.29 is 73.1 Å². The minimum Gasteiger partial charge on any atom is -0.508 e. The molecule has 2 aromatic rings. The number of nitrogens with one attached hydrogen (secondary N) is 6. The van der Waals surface area contributed by atoms with Crippen LogP contribution in [0.2, 0.25) is 0 Å². The molecular weight excluding hydrogens is 1040 g/mol. The van der Waals surface area contributed by atoms with Gasteiger partial charge in [0, 0.05) is 32.7 Å². The number of phenolic OH excluding ortho intramolecular Hbond substituents is 1. The Morgan fingerprint density at radius 3 is 2.06 bits per heavy atom. The maximum atomic E-state index is 14.9. The molecule has 2 saturated heterocycles. The van der Waals surface area contributed by atoms with Gasteiger partial charge in [-0.05, 0) is 92.9 Å². The Morgan fingerprint density at radius 1 is 0.762 bits per heavy atom. The lowest BCUT2D eigenvalue weighted by Gasteiger charge is -2.44. The number of cyclic esters (lactones) is 1. The first kappa shape index (κ1) is 63.4. The highest BCUT2D eigenvalue weighted by molar-refractivity contribution is 5.98. The third kappa shape index (κ3) is 17.5. The Bertz CT molecular complexity index is 2550. The zero-order valence-electron chi connectivity index (χ0n) is 46.6. The van der Waals surface area contributed by atoms with Crippen molar-refractivity contribution in [1.29, 1.82) is 0 Å². The highest BCUT2D eigenvalue weighted by Gasteiger charge is 2.47. The molecule has 3 aliphatic rings. The highest BCUT2D eigenvalue weighted by atomic mass is 16.5. The number of hydrogen-bond donors (Lipinski definition) is 10. The fourth-order valence-corrected chi connectivity index (χ4v) is 10.1. The average Bonchev–Trinajstić information content (AvgIpc) is 3.46. The molecule has 0 radical (unpaired) electrons. The number of allylic oxidation sites excluding steroid dienone is 1. The van der Waals surface area contributed by atoms with Crippen molar-refractivity contribution in [3.8, 4) is 5.75 Å². The predicted molar refractivity (Wildman–Crippen MR) is 290 cm³/mol. The van der Waals surface area contributed by atoms with Crippen LogP contribution in [-0.4, -0.2) is 163 Å². The molecule has 80 heavy (non-hydrogen) atoms. The Balaban J connectivity index is 1.52. The van der Waals surface area contributed by atoms with E-state index in [1.165, 1.54) is 43.1 Å². The summed E-state index contributed by atoms with van der Waals surface area (Å²) < 4.78 is 5.96. The number of phenols is 1. The fourth-order valence-electron chi connectivity index (χ4n) is 10.1. The minimum atomic E-state index is -1.81. The molecular formula is C57H80N8O15. The van der Waals surface area contributed by atoms with Crippen LogP contribution < -0.4 is 31.9 Å².